The minimum Gasteiger partial charge on any atom is -0.409 e. The zero-order chi connectivity index (χ0) is 10.7. The summed E-state index contributed by atoms with van der Waals surface area (Å²) in [5.74, 6) is 0. The van der Waals surface area contributed by atoms with E-state index < -0.39 is 8.24 Å². The Morgan fingerprint density at radius 2 is 1.88 bits per heavy atom. The van der Waals surface area contributed by atoms with Crippen LogP contribution in [0.15, 0.2) is 47.7 Å². The van der Waals surface area contributed by atoms with Gasteiger partial charge in [0.15, 0.2) is 0 Å². The van der Waals surface area contributed by atoms with Gasteiger partial charge in [-0.25, -0.2) is 11.3 Å². The summed E-state index contributed by atoms with van der Waals surface area (Å²) in [6, 6.07) is 10.4. The van der Waals surface area contributed by atoms with E-state index in [4.69, 9.17) is 0 Å². The monoisotopic (exact) mass is 304 g/mol. The Morgan fingerprint density at radius 3 is 2.44 bits per heavy atom. The molecule has 3 heteroatoms. The molecule has 0 fully saturated rings. The van der Waals surface area contributed by atoms with Gasteiger partial charge < -0.3 is 4.98 Å². The summed E-state index contributed by atoms with van der Waals surface area (Å²) in [6.07, 6.45) is 8.78. The van der Waals surface area contributed by atoms with Crippen LogP contribution in [0.5, 0.6) is 0 Å². The third kappa shape index (κ3) is 3.29. The van der Waals surface area contributed by atoms with Gasteiger partial charge in [-0.05, 0) is 25.2 Å². The molecule has 0 spiro atoms. The fourth-order valence-corrected chi connectivity index (χ4v) is 3.89. The summed E-state index contributed by atoms with van der Waals surface area (Å²) < 4.78 is 0. The van der Waals surface area contributed by atoms with E-state index in [1.807, 2.05) is 6.07 Å². The van der Waals surface area contributed by atoms with E-state index in [2.05, 4.69) is 60.6 Å². The van der Waals surface area contributed by atoms with E-state index in [9.17, 15) is 0 Å². The van der Waals surface area contributed by atoms with Crippen molar-refractivity contribution in [1.82, 2.24) is 0 Å². The first-order valence-corrected chi connectivity index (χ1v) is 8.29. The molecule has 1 nitrogen and oxygen atoms in total. The second-order valence-corrected chi connectivity index (χ2v) is 8.35. The van der Waals surface area contributed by atoms with Crippen LogP contribution in [0.4, 0.5) is 5.69 Å². The molecule has 0 atom stereocenters. The van der Waals surface area contributed by atoms with E-state index in [1.54, 1.807) is 0 Å². The first-order chi connectivity index (χ1) is 7.18. The SMILES string of the molecule is C[Si](C)(Nc1ccccc1)C1=[C-]CC=C1.[Zr]. The van der Waals surface area contributed by atoms with Crippen LogP contribution in [0.3, 0.4) is 0 Å². The Hall–Kier alpha value is -0.400. The van der Waals surface area contributed by atoms with Gasteiger partial charge >= 0.3 is 0 Å². The largest absolute Gasteiger partial charge is 0.409 e. The standard InChI is InChI=1S/C13H16NSi.Zr/c1-15(2,13-10-6-7-11-13)14-12-8-4-3-5-9-12;/h3-6,8-10,14H,7H2,1-2H3;/q-1;. The zero-order valence-corrected chi connectivity index (χ0v) is 13.2. The average molecular weight is 306 g/mol. The fourth-order valence-electron chi connectivity index (χ4n) is 1.78. The maximum absolute atomic E-state index is 3.65. The number of hydrogen-bond acceptors (Lipinski definition) is 1. The second kappa shape index (κ2) is 5.79. The van der Waals surface area contributed by atoms with Crippen LogP contribution >= 0.6 is 0 Å². The Labute approximate surface area is 118 Å². The molecule has 1 aromatic carbocycles. The third-order valence-electron chi connectivity index (χ3n) is 2.60. The maximum Gasteiger partial charge on any atom is 0.143 e. The summed E-state index contributed by atoms with van der Waals surface area (Å²) in [6.45, 7) is 4.63. The fraction of sp³-hybridized carbons (Fsp3) is 0.231. The molecule has 0 aromatic heterocycles. The van der Waals surface area contributed by atoms with Crippen LogP contribution in [0.2, 0.25) is 13.1 Å². The number of anilines is 1. The molecule has 0 heterocycles. The zero-order valence-electron chi connectivity index (χ0n) is 9.75. The number of allylic oxidation sites excluding steroid dienone is 4. The van der Waals surface area contributed by atoms with Gasteiger partial charge in [-0.1, -0.05) is 18.2 Å². The molecule has 1 aliphatic carbocycles. The van der Waals surface area contributed by atoms with Crippen molar-refractivity contribution in [2.24, 2.45) is 0 Å². The molecular formula is C13H16NSiZr-. The van der Waals surface area contributed by atoms with Gasteiger partial charge in [0.2, 0.25) is 0 Å². The van der Waals surface area contributed by atoms with Crippen LogP contribution in [0.1, 0.15) is 6.42 Å². The normalized spacial score (nSPS) is 14.2. The molecule has 0 saturated heterocycles. The molecule has 0 saturated carbocycles. The summed E-state index contributed by atoms with van der Waals surface area (Å²) in [7, 11) is -1.54. The van der Waals surface area contributed by atoms with Crippen molar-refractivity contribution >= 4 is 13.9 Å². The van der Waals surface area contributed by atoms with Gasteiger partial charge in [0.05, 0.1) is 0 Å². The predicted molar refractivity (Wildman–Crippen MR) is 68.1 cm³/mol. The Kier molecular flexibility index (Phi) is 4.94. The van der Waals surface area contributed by atoms with Gasteiger partial charge in [0, 0.05) is 31.9 Å². The maximum atomic E-state index is 3.65. The van der Waals surface area contributed by atoms with Crippen molar-refractivity contribution in [3.63, 3.8) is 0 Å². The molecule has 16 heavy (non-hydrogen) atoms. The number of para-hydroxylation sites is 1. The first kappa shape index (κ1) is 13.7. The predicted octanol–water partition coefficient (Wildman–Crippen LogP) is 3.53. The molecule has 0 aliphatic heterocycles. The quantitative estimate of drug-likeness (QED) is 0.665. The molecule has 1 aliphatic rings. The van der Waals surface area contributed by atoms with E-state index in [0.717, 1.165) is 6.42 Å². The molecule has 0 unspecified atom stereocenters. The third-order valence-corrected chi connectivity index (χ3v) is 5.20. The number of benzene rings is 1. The van der Waals surface area contributed by atoms with E-state index in [1.165, 1.54) is 10.9 Å². The van der Waals surface area contributed by atoms with Gasteiger partial charge in [-0.3, -0.25) is 6.08 Å². The van der Waals surface area contributed by atoms with Gasteiger partial charge in [0.1, 0.15) is 8.24 Å². The number of rotatable bonds is 3. The smallest absolute Gasteiger partial charge is 0.143 e. The molecule has 0 radical (unpaired) electrons. The molecule has 1 aromatic rings. The first-order valence-electron chi connectivity index (χ1n) is 5.29. The van der Waals surface area contributed by atoms with Crippen LogP contribution in [0.25, 0.3) is 0 Å². The van der Waals surface area contributed by atoms with E-state index in [-0.39, 0.29) is 26.2 Å². The molecule has 0 amide bonds. The molecule has 2 rings (SSSR count). The summed E-state index contributed by atoms with van der Waals surface area (Å²) in [5.41, 5.74) is 1.21. The van der Waals surface area contributed by atoms with Crippen LogP contribution in [-0.4, -0.2) is 8.24 Å². The topological polar surface area (TPSA) is 12.0 Å². The van der Waals surface area contributed by atoms with Gasteiger partial charge in [0.25, 0.3) is 0 Å². The van der Waals surface area contributed by atoms with Crippen molar-refractivity contribution in [3.8, 4) is 0 Å². The number of nitrogens with one attached hydrogen (secondary N) is 1. The minimum absolute atomic E-state index is 0. The molecule has 0 bridgehead atoms. The second-order valence-electron chi connectivity index (χ2n) is 4.31. The summed E-state index contributed by atoms with van der Waals surface area (Å²) in [4.78, 5) is 3.65. The van der Waals surface area contributed by atoms with E-state index in [0.29, 0.717) is 0 Å². The van der Waals surface area contributed by atoms with Crippen molar-refractivity contribution in [3.05, 3.63) is 53.8 Å². The average Bonchev–Trinajstić information content (AvgIpc) is 2.71. The van der Waals surface area contributed by atoms with Gasteiger partial charge in [-0.2, -0.15) is 6.08 Å². The summed E-state index contributed by atoms with van der Waals surface area (Å²) >= 11 is 0. The van der Waals surface area contributed by atoms with E-state index >= 15 is 0 Å². The Balaban J connectivity index is 0.00000128. The molecule has 82 valence electrons. The molecular weight excluding hydrogens is 289 g/mol. The van der Waals surface area contributed by atoms with Crippen molar-refractivity contribution in [1.29, 1.82) is 0 Å². The Morgan fingerprint density at radius 1 is 1.19 bits per heavy atom. The van der Waals surface area contributed by atoms with Crippen molar-refractivity contribution in [2.45, 2.75) is 19.5 Å². The molecule has 1 N–H and O–H groups in total. The van der Waals surface area contributed by atoms with Crippen molar-refractivity contribution in [2.75, 3.05) is 4.98 Å². The van der Waals surface area contributed by atoms with Crippen molar-refractivity contribution < 1.29 is 26.2 Å². The Bertz CT molecular complexity index is 396. The minimum atomic E-state index is -1.54. The van der Waals surface area contributed by atoms with Crippen LogP contribution < -0.4 is 4.98 Å². The van der Waals surface area contributed by atoms with Gasteiger partial charge in [-0.15, -0.1) is 6.42 Å². The van der Waals surface area contributed by atoms with Crippen LogP contribution in [0, 0.1) is 6.08 Å². The number of hydrogen-bond donors (Lipinski definition) is 1. The van der Waals surface area contributed by atoms with Crippen LogP contribution in [-0.2, 0) is 26.2 Å². The summed E-state index contributed by atoms with van der Waals surface area (Å²) in [5, 5.41) is 1.38.